The van der Waals surface area contributed by atoms with Gasteiger partial charge < -0.3 is 25.2 Å². The van der Waals surface area contributed by atoms with Gasteiger partial charge in [0.25, 0.3) is 6.47 Å². The number of carbonyl (C=O) groups is 2. The molecule has 1 saturated heterocycles. The maximum atomic E-state index is 11.8. The van der Waals surface area contributed by atoms with Crippen molar-refractivity contribution in [3.63, 3.8) is 0 Å². The molecule has 5 aliphatic rings. The van der Waals surface area contributed by atoms with Crippen molar-refractivity contribution in [3.05, 3.63) is 11.6 Å². The van der Waals surface area contributed by atoms with Gasteiger partial charge in [-0.05, 0) is 118 Å². The molecule has 1 aliphatic heterocycles. The minimum Gasteiger partial charge on any atom is -0.464 e. The van der Waals surface area contributed by atoms with E-state index in [0.717, 1.165) is 80.1 Å². The second-order valence-corrected chi connectivity index (χ2v) is 16.4. The molecular weight excluding hydrogens is 576 g/mol. The number of allylic oxidation sites excluding steroid dienone is 1. The molecule has 7 nitrogen and oxygen atoms in total. The van der Waals surface area contributed by atoms with Crippen LogP contribution in [-0.2, 0) is 14.3 Å². The van der Waals surface area contributed by atoms with Gasteiger partial charge in [0.1, 0.15) is 6.10 Å². The van der Waals surface area contributed by atoms with E-state index in [9.17, 15) is 14.7 Å². The normalized spacial score (nSPS) is 35.7. The number of nitrogens with zero attached hydrogens (tertiary/aromatic N) is 1. The van der Waals surface area contributed by atoms with Crippen LogP contribution in [-0.4, -0.2) is 73.0 Å². The van der Waals surface area contributed by atoms with Crippen molar-refractivity contribution >= 4 is 12.4 Å². The van der Waals surface area contributed by atoms with E-state index < -0.39 is 6.10 Å². The molecule has 7 heteroatoms. The summed E-state index contributed by atoms with van der Waals surface area (Å²) in [5.74, 6) is 6.17. The summed E-state index contributed by atoms with van der Waals surface area (Å²) in [7, 11) is 1.92. The topological polar surface area (TPSA) is 99.1 Å². The summed E-state index contributed by atoms with van der Waals surface area (Å²) in [5.41, 5.74) is 2.21. The highest BCUT2D eigenvalue weighted by Gasteiger charge is 2.56. The van der Waals surface area contributed by atoms with Crippen molar-refractivity contribution in [2.24, 2.45) is 52.8 Å². The van der Waals surface area contributed by atoms with Crippen molar-refractivity contribution in [1.82, 2.24) is 10.2 Å². The van der Waals surface area contributed by atoms with Crippen LogP contribution >= 0.6 is 0 Å². The number of carbonyl (C=O) groups excluding carboxylic acids is 2. The van der Waals surface area contributed by atoms with Gasteiger partial charge in [0.2, 0.25) is 5.91 Å². The first-order valence-corrected chi connectivity index (χ1v) is 19.1. The first-order chi connectivity index (χ1) is 22.1. The summed E-state index contributed by atoms with van der Waals surface area (Å²) in [5, 5.41) is 21.7. The predicted octanol–water partition coefficient (Wildman–Crippen LogP) is 6.76. The van der Waals surface area contributed by atoms with Crippen LogP contribution < -0.4 is 5.32 Å². The first-order valence-electron chi connectivity index (χ1n) is 19.1. The van der Waals surface area contributed by atoms with Gasteiger partial charge in [-0.2, -0.15) is 0 Å². The van der Waals surface area contributed by atoms with Gasteiger partial charge in [0.05, 0.1) is 12.7 Å². The maximum absolute atomic E-state index is 11.8. The second kappa shape index (κ2) is 17.8. The van der Waals surface area contributed by atoms with E-state index in [1.54, 1.807) is 10.5 Å². The van der Waals surface area contributed by atoms with E-state index in [0.29, 0.717) is 31.4 Å². The van der Waals surface area contributed by atoms with Crippen molar-refractivity contribution in [2.75, 3.05) is 33.3 Å². The molecule has 0 bridgehead atoms. The van der Waals surface area contributed by atoms with Gasteiger partial charge in [-0.25, -0.2) is 0 Å². The fourth-order valence-corrected chi connectivity index (χ4v) is 10.6. The molecule has 0 radical (unpaired) electrons. The number of aliphatic hydroxyl groups is 2. The summed E-state index contributed by atoms with van der Waals surface area (Å²) < 4.78 is 5.32. The molecule has 0 aromatic carbocycles. The lowest BCUT2D eigenvalue weighted by molar-refractivity contribution is -0.135. The molecule has 0 aromatic rings. The number of β-amino-alcohol motifs (C(OH)–C–C–N with tert-alkyl or cyclic N) is 1. The SMILES string of the molecule is CC(C)CCCC(C)C1CCC2C3CC=C4CC(OC=O)CCC4C3CCC12C.CNCCCCCC(=O)N1CC(O)C(CO)C1. The third-order valence-electron chi connectivity index (χ3n) is 13.2. The minimum atomic E-state index is -0.562. The summed E-state index contributed by atoms with van der Waals surface area (Å²) in [6, 6.07) is 0. The number of hydrogen-bond acceptors (Lipinski definition) is 6. The van der Waals surface area contributed by atoms with Gasteiger partial charge in [0, 0.05) is 31.8 Å². The zero-order valence-electron chi connectivity index (χ0n) is 29.9. The van der Waals surface area contributed by atoms with Gasteiger partial charge in [-0.3, -0.25) is 9.59 Å². The van der Waals surface area contributed by atoms with E-state index >= 15 is 0 Å². The first kappa shape index (κ1) is 37.4. The van der Waals surface area contributed by atoms with Crippen molar-refractivity contribution in [2.45, 2.75) is 136 Å². The summed E-state index contributed by atoms with van der Waals surface area (Å²) in [4.78, 5) is 24.2. The lowest BCUT2D eigenvalue weighted by Gasteiger charge is -2.54. The van der Waals surface area contributed by atoms with E-state index in [2.05, 4.69) is 39.1 Å². The molecule has 4 aliphatic carbocycles. The number of amides is 1. The molecule has 5 rings (SSSR count). The third-order valence-corrected chi connectivity index (χ3v) is 13.2. The minimum absolute atomic E-state index is 0.0485. The lowest BCUT2D eigenvalue weighted by atomic mass is 9.51. The molecule has 10 unspecified atom stereocenters. The Kier molecular flexibility index (Phi) is 14.5. The van der Waals surface area contributed by atoms with Crippen molar-refractivity contribution in [1.29, 1.82) is 0 Å². The Morgan fingerprint density at radius 3 is 2.57 bits per heavy atom. The summed E-state index contributed by atoms with van der Waals surface area (Å²) >= 11 is 0. The summed E-state index contributed by atoms with van der Waals surface area (Å²) in [6.45, 7) is 12.4. The molecule has 46 heavy (non-hydrogen) atoms. The number of fused-ring (bicyclic) bond motifs is 5. The van der Waals surface area contributed by atoms with Crippen molar-refractivity contribution in [3.8, 4) is 0 Å². The Morgan fingerprint density at radius 1 is 1.07 bits per heavy atom. The standard InChI is InChI=1S/C27H44O2.C12H24N2O3/c1-18(2)6-5-7-19(3)25-12-13-26-24-10-8-20-16-21(29-17-28)9-11-22(20)23(24)14-15-27(25,26)4;1-13-6-4-2-3-5-12(17)14-7-10(9-15)11(16)8-14/h8,17-19,21-26H,5-7,9-16H2,1-4H3;10-11,13,15-16H,2-9H2,1H3. The number of unbranched alkanes of at least 4 members (excludes halogenated alkanes) is 2. The van der Waals surface area contributed by atoms with Crippen LogP contribution in [0.1, 0.15) is 124 Å². The molecule has 0 aromatic heterocycles. The molecule has 1 heterocycles. The Balaban J connectivity index is 0.000000242. The van der Waals surface area contributed by atoms with E-state index in [1.807, 2.05) is 7.05 Å². The average molecular weight is 645 g/mol. The van der Waals surface area contributed by atoms with Crippen LogP contribution in [0.15, 0.2) is 11.6 Å². The van der Waals surface area contributed by atoms with Crippen LogP contribution in [0.5, 0.6) is 0 Å². The zero-order chi connectivity index (χ0) is 33.3. The fraction of sp³-hybridized carbons (Fsp3) is 0.897. The Hall–Kier alpha value is -1.44. The van der Waals surface area contributed by atoms with Crippen LogP contribution in [0.2, 0.25) is 0 Å². The smallest absolute Gasteiger partial charge is 0.293 e. The number of rotatable bonds is 14. The highest BCUT2D eigenvalue weighted by atomic mass is 16.5. The largest absolute Gasteiger partial charge is 0.464 e. The maximum Gasteiger partial charge on any atom is 0.293 e. The van der Waals surface area contributed by atoms with Crippen LogP contribution in [0, 0.1) is 52.8 Å². The van der Waals surface area contributed by atoms with Gasteiger partial charge in [-0.15, -0.1) is 0 Å². The average Bonchev–Trinajstić information content (AvgIpc) is 3.60. The van der Waals surface area contributed by atoms with E-state index in [-0.39, 0.29) is 24.5 Å². The molecule has 4 fully saturated rings. The lowest BCUT2D eigenvalue weighted by Crippen LogP contribution is -2.47. The number of likely N-dealkylation sites (tertiary alicyclic amines) is 1. The number of nitrogens with one attached hydrogen (secondary N) is 1. The van der Waals surface area contributed by atoms with Crippen LogP contribution in [0.3, 0.4) is 0 Å². The van der Waals surface area contributed by atoms with E-state index in [1.165, 1.54) is 57.8 Å². The van der Waals surface area contributed by atoms with Gasteiger partial charge in [-0.1, -0.05) is 65.0 Å². The van der Waals surface area contributed by atoms with Crippen molar-refractivity contribution < 1.29 is 24.5 Å². The molecular formula is C39H68N2O5. The highest BCUT2D eigenvalue weighted by molar-refractivity contribution is 5.76. The Morgan fingerprint density at radius 2 is 1.87 bits per heavy atom. The molecule has 3 saturated carbocycles. The zero-order valence-corrected chi connectivity index (χ0v) is 29.9. The summed E-state index contributed by atoms with van der Waals surface area (Å²) in [6.07, 6.45) is 20.4. The highest BCUT2D eigenvalue weighted by Crippen LogP contribution is 2.64. The van der Waals surface area contributed by atoms with Gasteiger partial charge in [0.15, 0.2) is 0 Å². The van der Waals surface area contributed by atoms with E-state index in [4.69, 9.17) is 9.84 Å². The number of hydrogen-bond donors (Lipinski definition) is 3. The quantitative estimate of drug-likeness (QED) is 0.110. The predicted molar refractivity (Wildman–Crippen MR) is 185 cm³/mol. The third kappa shape index (κ3) is 9.16. The molecule has 3 N–H and O–H groups in total. The fourth-order valence-electron chi connectivity index (χ4n) is 10.6. The molecule has 0 spiro atoms. The van der Waals surface area contributed by atoms with Gasteiger partial charge >= 0.3 is 0 Å². The monoisotopic (exact) mass is 645 g/mol. The number of aliphatic hydroxyl groups excluding tert-OH is 2. The Labute approximate surface area is 280 Å². The molecule has 1 amide bonds. The second-order valence-electron chi connectivity index (χ2n) is 16.4. The Bertz CT molecular complexity index is 985. The molecule has 264 valence electrons. The van der Waals surface area contributed by atoms with Crippen LogP contribution in [0.25, 0.3) is 0 Å². The molecule has 10 atom stereocenters. The van der Waals surface area contributed by atoms with Crippen LogP contribution in [0.4, 0.5) is 0 Å². The number of ether oxygens (including phenoxy) is 1.